The van der Waals surface area contributed by atoms with Crippen LogP contribution in [0.4, 0.5) is 0 Å². The molecule has 1 atom stereocenters. The van der Waals surface area contributed by atoms with Gasteiger partial charge in [0.25, 0.3) is 0 Å². The Morgan fingerprint density at radius 1 is 0.941 bits per heavy atom. The van der Waals surface area contributed by atoms with Crippen LogP contribution in [0.2, 0.25) is 0 Å². The summed E-state index contributed by atoms with van der Waals surface area (Å²) < 4.78 is 0. The van der Waals surface area contributed by atoms with Gasteiger partial charge in [-0.2, -0.15) is 0 Å². The molecule has 0 aliphatic carbocycles. The maximum atomic E-state index is 2.28. The second kappa shape index (κ2) is 6.37. The maximum absolute atomic E-state index is 2.28. The van der Waals surface area contributed by atoms with Gasteiger partial charge >= 0.3 is 0 Å². The number of aryl methyl sites for hydroxylation is 1. The Kier molecular flexibility index (Phi) is 4.53. The van der Waals surface area contributed by atoms with Crippen LogP contribution in [0.1, 0.15) is 11.1 Å². The van der Waals surface area contributed by atoms with Gasteiger partial charge in [0.2, 0.25) is 0 Å². The summed E-state index contributed by atoms with van der Waals surface area (Å²) >= 11 is 0. The van der Waals surface area contributed by atoms with Gasteiger partial charge in [0.15, 0.2) is 0 Å². The van der Waals surface area contributed by atoms with Crippen LogP contribution in [0.3, 0.4) is 0 Å². The molecule has 2 aromatic rings. The Hall–Kier alpha value is -1.39. The van der Waals surface area contributed by atoms with Crippen molar-refractivity contribution in [3.63, 3.8) is 0 Å². The molecule has 0 nitrogen and oxygen atoms in total. The summed E-state index contributed by atoms with van der Waals surface area (Å²) in [6.07, 6.45) is 3.31. The van der Waals surface area contributed by atoms with E-state index in [1.807, 2.05) is 0 Å². The minimum absolute atomic E-state index is 0.772. The Morgan fingerprint density at radius 3 is 2.41 bits per heavy atom. The lowest BCUT2D eigenvalue weighted by Gasteiger charge is -2.01. The molecule has 0 spiro atoms. The summed E-state index contributed by atoms with van der Waals surface area (Å²) in [4.78, 5) is 0. The fraction of sp³-hybridized carbons (Fsp3) is 0.125. The lowest BCUT2D eigenvalue weighted by molar-refractivity contribution is 1.22. The fourth-order valence-corrected chi connectivity index (χ4v) is 2.53. The Morgan fingerprint density at radius 2 is 1.65 bits per heavy atom. The average Bonchev–Trinajstić information content (AvgIpc) is 2.38. The van der Waals surface area contributed by atoms with Crippen molar-refractivity contribution in [1.29, 1.82) is 0 Å². The number of allylic oxidation sites excluding steroid dienone is 1. The van der Waals surface area contributed by atoms with Gasteiger partial charge in [-0.05, 0) is 29.8 Å². The molecule has 0 saturated carbocycles. The molecular weight excluding hydrogens is 223 g/mol. The highest BCUT2D eigenvalue weighted by molar-refractivity contribution is 7.50. The highest BCUT2D eigenvalue weighted by Gasteiger charge is 1.93. The zero-order chi connectivity index (χ0) is 11.9. The van der Waals surface area contributed by atoms with Gasteiger partial charge in [0, 0.05) is 0 Å². The van der Waals surface area contributed by atoms with Gasteiger partial charge in [-0.25, -0.2) is 0 Å². The van der Waals surface area contributed by atoms with Crippen LogP contribution < -0.4 is 5.30 Å². The molecule has 0 fully saturated rings. The molecule has 0 aliphatic rings. The monoisotopic (exact) mass is 240 g/mol. The third-order valence-electron chi connectivity index (χ3n) is 2.74. The third kappa shape index (κ3) is 3.84. The highest BCUT2D eigenvalue weighted by Crippen LogP contribution is 2.13. The van der Waals surface area contributed by atoms with Crippen LogP contribution in [0.25, 0.3) is 0 Å². The second-order valence-corrected chi connectivity index (χ2v) is 5.24. The van der Waals surface area contributed by atoms with Crippen LogP contribution in [0, 0.1) is 6.92 Å². The summed E-state index contributed by atoms with van der Waals surface area (Å²) in [5, 5.41) is 1.40. The van der Waals surface area contributed by atoms with Gasteiger partial charge < -0.3 is 0 Å². The molecule has 1 unspecified atom stereocenters. The summed E-state index contributed by atoms with van der Waals surface area (Å²) in [6, 6.07) is 19.2. The molecule has 0 heterocycles. The van der Waals surface area contributed by atoms with Gasteiger partial charge in [0.1, 0.15) is 0 Å². The smallest absolute Gasteiger partial charge is 0.00913 e. The average molecular weight is 240 g/mol. The third-order valence-corrected chi connectivity index (χ3v) is 3.81. The first-order valence-corrected chi connectivity index (χ1v) is 6.95. The summed E-state index contributed by atoms with van der Waals surface area (Å²) in [7, 11) is 0.772. The largest absolute Gasteiger partial charge is 0.0796 e. The molecule has 0 radical (unpaired) electrons. The van der Waals surface area contributed by atoms with E-state index in [0.717, 1.165) is 15.0 Å². The molecule has 0 aliphatic heterocycles. The van der Waals surface area contributed by atoms with E-state index >= 15 is 0 Å². The van der Waals surface area contributed by atoms with Gasteiger partial charge in [-0.1, -0.05) is 75.1 Å². The predicted molar refractivity (Wildman–Crippen MR) is 78.4 cm³/mol. The maximum Gasteiger partial charge on any atom is -0.00913 e. The van der Waals surface area contributed by atoms with E-state index in [4.69, 9.17) is 0 Å². The lowest BCUT2D eigenvalue weighted by atomic mass is 10.1. The van der Waals surface area contributed by atoms with Crippen LogP contribution in [-0.2, 0) is 6.42 Å². The van der Waals surface area contributed by atoms with Crippen molar-refractivity contribution >= 4 is 13.9 Å². The van der Waals surface area contributed by atoms with E-state index in [-0.39, 0.29) is 0 Å². The van der Waals surface area contributed by atoms with Crippen LogP contribution in [0.5, 0.6) is 0 Å². The molecule has 0 N–H and O–H groups in total. The molecular formula is C16H17P. The van der Waals surface area contributed by atoms with E-state index in [0.29, 0.717) is 0 Å². The molecule has 17 heavy (non-hydrogen) atoms. The van der Waals surface area contributed by atoms with Crippen molar-refractivity contribution in [3.05, 3.63) is 77.6 Å². The molecule has 1 heteroatoms. The SMILES string of the molecule is Cc1ccccc1CC=CPc1ccccc1. The normalized spacial score (nSPS) is 11.6. The van der Waals surface area contributed by atoms with Crippen molar-refractivity contribution in [2.75, 3.05) is 0 Å². The van der Waals surface area contributed by atoms with Crippen molar-refractivity contribution in [2.24, 2.45) is 0 Å². The van der Waals surface area contributed by atoms with Crippen LogP contribution >= 0.6 is 8.58 Å². The molecule has 0 aromatic heterocycles. The quantitative estimate of drug-likeness (QED) is 0.707. The lowest BCUT2D eigenvalue weighted by Crippen LogP contribution is -1.89. The van der Waals surface area contributed by atoms with Gasteiger partial charge in [-0.3, -0.25) is 0 Å². The first-order valence-electron chi connectivity index (χ1n) is 5.87. The topological polar surface area (TPSA) is 0 Å². The molecule has 0 amide bonds. The van der Waals surface area contributed by atoms with Crippen molar-refractivity contribution in [2.45, 2.75) is 13.3 Å². The van der Waals surface area contributed by atoms with E-state index < -0.39 is 0 Å². The minimum atomic E-state index is 0.772. The van der Waals surface area contributed by atoms with E-state index in [1.165, 1.54) is 16.4 Å². The Balaban J connectivity index is 1.89. The molecule has 0 saturated heterocycles. The van der Waals surface area contributed by atoms with Gasteiger partial charge in [0.05, 0.1) is 0 Å². The number of rotatable bonds is 4. The second-order valence-electron chi connectivity index (χ2n) is 4.04. The van der Waals surface area contributed by atoms with Gasteiger partial charge in [-0.15, -0.1) is 0 Å². The van der Waals surface area contributed by atoms with Crippen molar-refractivity contribution < 1.29 is 0 Å². The number of benzene rings is 2. The minimum Gasteiger partial charge on any atom is -0.0796 e. The molecule has 2 aromatic carbocycles. The Bertz CT molecular complexity index is 486. The van der Waals surface area contributed by atoms with Crippen molar-refractivity contribution in [1.82, 2.24) is 0 Å². The number of hydrogen-bond donors (Lipinski definition) is 0. The molecule has 86 valence electrons. The molecule has 0 bridgehead atoms. The number of hydrogen-bond acceptors (Lipinski definition) is 0. The zero-order valence-electron chi connectivity index (χ0n) is 10.1. The van der Waals surface area contributed by atoms with E-state index in [1.54, 1.807) is 0 Å². The van der Waals surface area contributed by atoms with Crippen LogP contribution in [-0.4, -0.2) is 0 Å². The predicted octanol–water partition coefficient (Wildman–Crippen LogP) is 4.06. The zero-order valence-corrected chi connectivity index (χ0v) is 11.1. The standard InChI is InChI=1S/C16H17P/c1-14-8-5-6-9-15(14)10-7-13-17-16-11-3-2-4-12-16/h2-9,11-13,17H,10H2,1H3. The Labute approximate surface area is 105 Å². The fourth-order valence-electron chi connectivity index (χ4n) is 1.71. The van der Waals surface area contributed by atoms with Crippen LogP contribution in [0.15, 0.2) is 66.5 Å². The van der Waals surface area contributed by atoms with Crippen molar-refractivity contribution in [3.8, 4) is 0 Å². The highest BCUT2D eigenvalue weighted by atomic mass is 31.1. The summed E-state index contributed by atoms with van der Waals surface area (Å²) in [6.45, 7) is 2.17. The molecule has 2 rings (SSSR count). The first kappa shape index (κ1) is 12.1. The summed E-state index contributed by atoms with van der Waals surface area (Å²) in [5.74, 6) is 2.28. The first-order chi connectivity index (χ1) is 8.36. The summed E-state index contributed by atoms with van der Waals surface area (Å²) in [5.41, 5.74) is 2.79. The van der Waals surface area contributed by atoms with E-state index in [9.17, 15) is 0 Å². The van der Waals surface area contributed by atoms with E-state index in [2.05, 4.69) is 73.4 Å².